The number of nitrogens with one attached hydrogen (secondary N) is 1. The Hall–Kier alpha value is -2.70. The van der Waals surface area contributed by atoms with E-state index in [4.69, 9.17) is 4.74 Å². The Morgan fingerprint density at radius 2 is 2.04 bits per heavy atom. The van der Waals surface area contributed by atoms with Gasteiger partial charge in [-0.15, -0.1) is 0 Å². The molecule has 25 heavy (non-hydrogen) atoms. The van der Waals surface area contributed by atoms with Crippen LogP contribution in [-0.4, -0.2) is 37.6 Å². The summed E-state index contributed by atoms with van der Waals surface area (Å²) in [6, 6.07) is 4.87. The second-order valence-electron chi connectivity index (χ2n) is 5.45. The van der Waals surface area contributed by atoms with Gasteiger partial charge in [0.15, 0.2) is 6.61 Å². The van der Waals surface area contributed by atoms with Crippen LogP contribution in [0.15, 0.2) is 30.3 Å². The first kappa shape index (κ1) is 20.3. The van der Waals surface area contributed by atoms with Crippen molar-refractivity contribution >= 4 is 23.9 Å². The van der Waals surface area contributed by atoms with E-state index in [9.17, 15) is 18.8 Å². The van der Waals surface area contributed by atoms with Gasteiger partial charge in [-0.25, -0.2) is 14.0 Å². The Morgan fingerprint density at radius 3 is 2.64 bits per heavy atom. The average molecular weight is 351 g/mol. The number of rotatable bonds is 8. The monoisotopic (exact) mass is 351 g/mol. The first-order valence-corrected chi connectivity index (χ1v) is 7.85. The molecule has 0 radical (unpaired) electrons. The zero-order valence-electron chi connectivity index (χ0n) is 14.5. The van der Waals surface area contributed by atoms with E-state index in [1.807, 2.05) is 6.92 Å². The third kappa shape index (κ3) is 7.15. The van der Waals surface area contributed by atoms with E-state index in [0.717, 1.165) is 6.08 Å². The van der Waals surface area contributed by atoms with Crippen LogP contribution < -0.4 is 5.32 Å². The molecule has 0 aliphatic rings. The minimum absolute atomic E-state index is 0.125. The Balaban J connectivity index is 2.51. The van der Waals surface area contributed by atoms with Gasteiger partial charge in [-0.2, -0.15) is 0 Å². The molecule has 0 aliphatic carbocycles. The van der Waals surface area contributed by atoms with Gasteiger partial charge in [-0.05, 0) is 29.7 Å². The van der Waals surface area contributed by atoms with Crippen LogP contribution in [0.2, 0.25) is 0 Å². The molecule has 0 aliphatic heterocycles. The number of carbonyl (C=O) groups excluding carboxylic acids is 3. The van der Waals surface area contributed by atoms with E-state index >= 15 is 0 Å². The van der Waals surface area contributed by atoms with Gasteiger partial charge in [0.05, 0.1) is 7.11 Å². The normalized spacial score (nSPS) is 13.1. The molecule has 0 fully saturated rings. The predicted molar refractivity (Wildman–Crippen MR) is 89.8 cm³/mol. The summed E-state index contributed by atoms with van der Waals surface area (Å²) in [6.07, 6.45) is 3.13. The molecule has 6 nitrogen and oxygen atoms in total. The fraction of sp³-hybridized carbons (Fsp3) is 0.389. The second-order valence-corrected chi connectivity index (χ2v) is 5.45. The largest absolute Gasteiger partial charge is 0.467 e. The molecule has 136 valence electrons. The van der Waals surface area contributed by atoms with Gasteiger partial charge in [0.25, 0.3) is 5.91 Å². The lowest BCUT2D eigenvalue weighted by Crippen LogP contribution is -2.47. The molecule has 0 saturated heterocycles. The highest BCUT2D eigenvalue weighted by Gasteiger charge is 2.26. The molecule has 0 spiro atoms. The minimum atomic E-state index is -0.802. The predicted octanol–water partition coefficient (Wildman–Crippen LogP) is 2.09. The quantitative estimate of drug-likeness (QED) is 0.573. The first-order valence-electron chi connectivity index (χ1n) is 7.85. The van der Waals surface area contributed by atoms with Gasteiger partial charge in [0.1, 0.15) is 11.9 Å². The highest BCUT2D eigenvalue weighted by molar-refractivity contribution is 5.90. The summed E-state index contributed by atoms with van der Waals surface area (Å²) >= 11 is 0. The van der Waals surface area contributed by atoms with Crippen LogP contribution in [0.5, 0.6) is 0 Å². The van der Waals surface area contributed by atoms with E-state index < -0.39 is 36.3 Å². The zero-order valence-corrected chi connectivity index (χ0v) is 14.5. The van der Waals surface area contributed by atoms with Crippen LogP contribution in [0.25, 0.3) is 6.08 Å². The summed E-state index contributed by atoms with van der Waals surface area (Å²) in [5.41, 5.74) is 0.490. The van der Waals surface area contributed by atoms with E-state index in [2.05, 4.69) is 10.1 Å². The number of hydrogen-bond donors (Lipinski definition) is 1. The van der Waals surface area contributed by atoms with Gasteiger partial charge in [0.2, 0.25) is 0 Å². The van der Waals surface area contributed by atoms with Crippen LogP contribution in [0.4, 0.5) is 4.39 Å². The number of esters is 2. The zero-order chi connectivity index (χ0) is 18.8. The maximum absolute atomic E-state index is 13.0. The summed E-state index contributed by atoms with van der Waals surface area (Å²) in [5.74, 6) is -2.46. The third-order valence-corrected chi connectivity index (χ3v) is 3.59. The Kier molecular flexibility index (Phi) is 8.32. The van der Waals surface area contributed by atoms with Crippen molar-refractivity contribution in [1.82, 2.24) is 5.32 Å². The standard InChI is InChI=1S/C18H22FNO5/c1-4-12(2)17(18(23)24-3)20-15(21)11-25-16(22)9-8-13-6-5-7-14(19)10-13/h5-10,12,17H,4,11H2,1-3H3,(H,20,21)/b9-8+/t12-,17+/m1/s1. The molecule has 2 atom stereocenters. The maximum Gasteiger partial charge on any atom is 0.331 e. The summed E-state index contributed by atoms with van der Waals surface area (Å²) in [6.45, 7) is 3.15. The molecule has 1 N–H and O–H groups in total. The maximum atomic E-state index is 13.0. The van der Waals surface area contributed by atoms with Gasteiger partial charge in [0, 0.05) is 6.08 Å². The number of halogens is 1. The number of ether oxygens (including phenoxy) is 2. The van der Waals surface area contributed by atoms with Crippen molar-refractivity contribution in [2.75, 3.05) is 13.7 Å². The number of benzene rings is 1. The SMILES string of the molecule is CC[C@@H](C)[C@H](NC(=O)COC(=O)/C=C/c1cccc(F)c1)C(=O)OC. The smallest absolute Gasteiger partial charge is 0.331 e. The molecule has 7 heteroatoms. The minimum Gasteiger partial charge on any atom is -0.467 e. The third-order valence-electron chi connectivity index (χ3n) is 3.59. The van der Waals surface area contributed by atoms with Gasteiger partial charge >= 0.3 is 11.9 Å². The molecule has 0 heterocycles. The lowest BCUT2D eigenvalue weighted by Gasteiger charge is -2.21. The number of hydrogen-bond acceptors (Lipinski definition) is 5. The topological polar surface area (TPSA) is 81.7 Å². The Bertz CT molecular complexity index is 644. The molecule has 0 saturated carbocycles. The number of amides is 1. The molecule has 0 unspecified atom stereocenters. The van der Waals surface area contributed by atoms with Crippen LogP contribution >= 0.6 is 0 Å². The van der Waals surface area contributed by atoms with Crippen LogP contribution in [0.1, 0.15) is 25.8 Å². The van der Waals surface area contributed by atoms with E-state index in [0.29, 0.717) is 12.0 Å². The molecule has 0 bridgehead atoms. The lowest BCUT2D eigenvalue weighted by atomic mass is 9.99. The fourth-order valence-electron chi connectivity index (χ4n) is 1.97. The second kappa shape index (κ2) is 10.2. The van der Waals surface area contributed by atoms with Gasteiger partial charge in [-0.1, -0.05) is 32.4 Å². The van der Waals surface area contributed by atoms with Crippen molar-refractivity contribution in [3.63, 3.8) is 0 Å². The first-order chi connectivity index (χ1) is 11.9. The Labute approximate surface area is 146 Å². The molecule has 1 aromatic rings. The summed E-state index contributed by atoms with van der Waals surface area (Å²) in [7, 11) is 1.24. The summed E-state index contributed by atoms with van der Waals surface area (Å²) in [5, 5.41) is 2.49. The Morgan fingerprint density at radius 1 is 1.32 bits per heavy atom. The van der Waals surface area contributed by atoms with Crippen molar-refractivity contribution in [3.05, 3.63) is 41.7 Å². The van der Waals surface area contributed by atoms with Gasteiger partial charge < -0.3 is 14.8 Å². The van der Waals surface area contributed by atoms with Crippen molar-refractivity contribution in [1.29, 1.82) is 0 Å². The lowest BCUT2D eigenvalue weighted by molar-refractivity contribution is -0.148. The highest BCUT2D eigenvalue weighted by Crippen LogP contribution is 2.09. The fourth-order valence-corrected chi connectivity index (χ4v) is 1.97. The summed E-state index contributed by atoms with van der Waals surface area (Å²) < 4.78 is 22.5. The number of carbonyl (C=O) groups is 3. The van der Waals surface area contributed by atoms with Crippen molar-refractivity contribution in [2.24, 2.45) is 5.92 Å². The molecule has 1 aromatic carbocycles. The van der Waals surface area contributed by atoms with Crippen molar-refractivity contribution in [3.8, 4) is 0 Å². The van der Waals surface area contributed by atoms with Crippen LogP contribution in [-0.2, 0) is 23.9 Å². The highest BCUT2D eigenvalue weighted by atomic mass is 19.1. The summed E-state index contributed by atoms with van der Waals surface area (Å²) in [4.78, 5) is 35.1. The number of methoxy groups -OCH3 is 1. The van der Waals surface area contributed by atoms with E-state index in [-0.39, 0.29) is 5.92 Å². The molecule has 1 amide bonds. The molecule has 0 aromatic heterocycles. The van der Waals surface area contributed by atoms with Crippen LogP contribution in [0, 0.1) is 11.7 Å². The molecular weight excluding hydrogens is 329 g/mol. The average Bonchev–Trinajstić information content (AvgIpc) is 2.61. The van der Waals surface area contributed by atoms with Crippen molar-refractivity contribution < 1.29 is 28.2 Å². The van der Waals surface area contributed by atoms with E-state index in [1.54, 1.807) is 13.0 Å². The van der Waals surface area contributed by atoms with Gasteiger partial charge in [-0.3, -0.25) is 4.79 Å². The van der Waals surface area contributed by atoms with Crippen molar-refractivity contribution in [2.45, 2.75) is 26.3 Å². The van der Waals surface area contributed by atoms with E-state index in [1.165, 1.54) is 31.4 Å². The van der Waals surface area contributed by atoms with Crippen LogP contribution in [0.3, 0.4) is 0 Å². The molecule has 1 rings (SSSR count). The molecular formula is C18H22FNO5.